The van der Waals surface area contributed by atoms with Gasteiger partial charge in [-0.05, 0) is 32.4 Å². The predicted octanol–water partition coefficient (Wildman–Crippen LogP) is 2.76. The van der Waals surface area contributed by atoms with Gasteiger partial charge in [0.1, 0.15) is 5.82 Å². The van der Waals surface area contributed by atoms with Crippen LogP contribution < -0.4 is 4.72 Å². The zero-order valence-electron chi connectivity index (χ0n) is 12.6. The highest BCUT2D eigenvalue weighted by atomic mass is 32.2. The van der Waals surface area contributed by atoms with E-state index in [9.17, 15) is 8.42 Å². The van der Waals surface area contributed by atoms with Gasteiger partial charge in [-0.1, -0.05) is 29.8 Å². The third-order valence-corrected chi connectivity index (χ3v) is 4.25. The van der Waals surface area contributed by atoms with Crippen LogP contribution in [0.2, 0.25) is 0 Å². The van der Waals surface area contributed by atoms with Crippen LogP contribution in [-0.2, 0) is 17.1 Å². The summed E-state index contributed by atoms with van der Waals surface area (Å²) in [6.45, 7) is 5.67. The normalized spacial score (nSPS) is 12.0. The first-order chi connectivity index (χ1) is 9.78. The van der Waals surface area contributed by atoms with Gasteiger partial charge in [-0.3, -0.25) is 9.40 Å². The van der Waals surface area contributed by atoms with Crippen LogP contribution in [0.1, 0.15) is 22.4 Å². The number of nitrogens with zero attached hydrogens (tertiary/aromatic N) is 2. The van der Waals surface area contributed by atoms with E-state index < -0.39 is 10.0 Å². The van der Waals surface area contributed by atoms with Gasteiger partial charge in [0.05, 0.1) is 11.1 Å². The molecule has 0 saturated heterocycles. The van der Waals surface area contributed by atoms with Crippen LogP contribution in [-0.4, -0.2) is 18.2 Å². The summed E-state index contributed by atoms with van der Waals surface area (Å²) in [5.74, 6) is 0.487. The maximum Gasteiger partial charge on any atom is 0.256 e. The lowest BCUT2D eigenvalue weighted by atomic mass is 10.2. The summed E-state index contributed by atoms with van der Waals surface area (Å²) in [5.41, 5.74) is 3.60. The Bertz CT molecular complexity index is 772. The summed E-state index contributed by atoms with van der Waals surface area (Å²) >= 11 is 0. The predicted molar refractivity (Wildman–Crippen MR) is 85.4 cm³/mol. The lowest BCUT2D eigenvalue weighted by Gasteiger charge is -2.06. The molecule has 1 aromatic heterocycles. The Hall–Kier alpha value is -2.08. The molecule has 5 nitrogen and oxygen atoms in total. The number of hydrogen-bond donors (Lipinski definition) is 1. The zero-order chi connectivity index (χ0) is 15.6. The number of benzene rings is 1. The minimum Gasteiger partial charge on any atom is -0.264 e. The van der Waals surface area contributed by atoms with Crippen LogP contribution in [0.25, 0.3) is 6.08 Å². The van der Waals surface area contributed by atoms with E-state index in [-0.39, 0.29) is 0 Å². The number of nitrogens with one attached hydrogen (secondary N) is 1. The van der Waals surface area contributed by atoms with Gasteiger partial charge in [0.15, 0.2) is 0 Å². The lowest BCUT2D eigenvalue weighted by molar-refractivity contribution is 0.608. The second kappa shape index (κ2) is 5.73. The summed E-state index contributed by atoms with van der Waals surface area (Å²) in [6, 6.07) is 7.63. The van der Waals surface area contributed by atoms with Gasteiger partial charge in [-0.25, -0.2) is 8.42 Å². The van der Waals surface area contributed by atoms with Crippen molar-refractivity contribution < 1.29 is 8.42 Å². The van der Waals surface area contributed by atoms with Crippen LogP contribution in [0.4, 0.5) is 5.82 Å². The standard InChI is InChI=1S/C15H19N3O2S/c1-11-5-7-14(8-6-11)9-10-21(19,20)17-15-12(2)13(3)16-18(15)4/h5-10,17H,1-4H3/b10-9+. The molecule has 0 aliphatic heterocycles. The first-order valence-electron chi connectivity index (χ1n) is 6.56. The first kappa shape index (κ1) is 15.3. The van der Waals surface area contributed by atoms with Gasteiger partial charge in [-0.15, -0.1) is 0 Å². The van der Waals surface area contributed by atoms with Crippen molar-refractivity contribution in [3.05, 3.63) is 52.1 Å². The molecular formula is C15H19N3O2S. The van der Waals surface area contributed by atoms with Gasteiger partial charge in [0, 0.05) is 12.6 Å². The van der Waals surface area contributed by atoms with E-state index in [1.165, 1.54) is 10.1 Å². The number of aryl methyl sites for hydroxylation is 3. The first-order valence-corrected chi connectivity index (χ1v) is 8.11. The summed E-state index contributed by atoms with van der Waals surface area (Å²) in [6.07, 6.45) is 1.57. The van der Waals surface area contributed by atoms with Crippen LogP contribution in [0.3, 0.4) is 0 Å². The maximum absolute atomic E-state index is 12.1. The van der Waals surface area contributed by atoms with Crippen LogP contribution in [0.5, 0.6) is 0 Å². The Balaban J connectivity index is 2.21. The summed E-state index contributed by atoms with van der Waals surface area (Å²) in [5, 5.41) is 5.35. The summed E-state index contributed by atoms with van der Waals surface area (Å²) in [7, 11) is -1.86. The largest absolute Gasteiger partial charge is 0.264 e. The summed E-state index contributed by atoms with van der Waals surface area (Å²) < 4.78 is 28.3. The van der Waals surface area contributed by atoms with Gasteiger partial charge in [0.25, 0.3) is 10.0 Å². The third-order valence-electron chi connectivity index (χ3n) is 3.28. The minimum atomic E-state index is -3.57. The molecule has 2 rings (SSSR count). The highest BCUT2D eigenvalue weighted by Crippen LogP contribution is 2.19. The molecule has 1 N–H and O–H groups in total. The molecular weight excluding hydrogens is 286 g/mol. The van der Waals surface area contributed by atoms with E-state index in [2.05, 4.69) is 9.82 Å². The van der Waals surface area contributed by atoms with E-state index in [1.54, 1.807) is 13.1 Å². The highest BCUT2D eigenvalue weighted by molar-refractivity contribution is 7.95. The van der Waals surface area contributed by atoms with E-state index in [0.717, 1.165) is 22.4 Å². The Labute approximate surface area is 125 Å². The van der Waals surface area contributed by atoms with Crippen molar-refractivity contribution in [2.45, 2.75) is 20.8 Å². The SMILES string of the molecule is Cc1ccc(/C=C/S(=O)(=O)Nc2c(C)c(C)nn2C)cc1. The number of hydrogen-bond acceptors (Lipinski definition) is 3. The number of aromatic nitrogens is 2. The van der Waals surface area contributed by atoms with Crippen molar-refractivity contribution in [1.29, 1.82) is 0 Å². The molecule has 112 valence electrons. The molecule has 21 heavy (non-hydrogen) atoms. The maximum atomic E-state index is 12.1. The van der Waals surface area contributed by atoms with Gasteiger partial charge in [0.2, 0.25) is 0 Å². The molecule has 0 aliphatic rings. The van der Waals surface area contributed by atoms with Crippen LogP contribution in [0, 0.1) is 20.8 Å². The molecule has 1 heterocycles. The Morgan fingerprint density at radius 3 is 2.29 bits per heavy atom. The zero-order valence-corrected chi connectivity index (χ0v) is 13.4. The lowest BCUT2D eigenvalue weighted by Crippen LogP contribution is -2.12. The molecule has 1 aromatic carbocycles. The molecule has 0 fully saturated rings. The van der Waals surface area contributed by atoms with E-state index in [1.807, 2.05) is 45.0 Å². The third kappa shape index (κ3) is 3.72. The van der Waals surface area contributed by atoms with Crippen molar-refractivity contribution in [1.82, 2.24) is 9.78 Å². The van der Waals surface area contributed by atoms with E-state index in [4.69, 9.17) is 0 Å². The number of sulfonamides is 1. The average molecular weight is 305 g/mol. The molecule has 0 bridgehead atoms. The molecule has 6 heteroatoms. The molecule has 0 unspecified atom stereocenters. The van der Waals surface area contributed by atoms with Crippen molar-refractivity contribution in [2.24, 2.45) is 7.05 Å². The topological polar surface area (TPSA) is 64.0 Å². The Morgan fingerprint density at radius 2 is 1.76 bits per heavy atom. The quantitative estimate of drug-likeness (QED) is 0.944. The van der Waals surface area contributed by atoms with Gasteiger partial charge in [-0.2, -0.15) is 5.10 Å². The molecule has 0 spiro atoms. The molecule has 0 saturated carbocycles. The fourth-order valence-corrected chi connectivity index (χ4v) is 2.88. The molecule has 0 amide bonds. The molecule has 0 radical (unpaired) electrons. The molecule has 0 atom stereocenters. The van der Waals surface area contributed by atoms with Crippen molar-refractivity contribution in [2.75, 3.05) is 4.72 Å². The molecule has 0 aliphatic carbocycles. The fourth-order valence-electron chi connectivity index (χ4n) is 1.92. The van der Waals surface area contributed by atoms with Gasteiger partial charge < -0.3 is 0 Å². The van der Waals surface area contributed by atoms with E-state index >= 15 is 0 Å². The second-order valence-corrected chi connectivity index (χ2v) is 6.61. The second-order valence-electron chi connectivity index (χ2n) is 5.04. The van der Waals surface area contributed by atoms with Gasteiger partial charge >= 0.3 is 0 Å². The number of rotatable bonds is 4. The van der Waals surface area contributed by atoms with Crippen LogP contribution >= 0.6 is 0 Å². The monoisotopic (exact) mass is 305 g/mol. The van der Waals surface area contributed by atoms with Crippen molar-refractivity contribution in [3.8, 4) is 0 Å². The Morgan fingerprint density at radius 1 is 1.14 bits per heavy atom. The number of anilines is 1. The van der Waals surface area contributed by atoms with E-state index in [0.29, 0.717) is 5.82 Å². The summed E-state index contributed by atoms with van der Waals surface area (Å²) in [4.78, 5) is 0. The average Bonchev–Trinajstić information content (AvgIpc) is 2.65. The molecule has 2 aromatic rings. The fraction of sp³-hybridized carbons (Fsp3) is 0.267. The minimum absolute atomic E-state index is 0.487. The van der Waals surface area contributed by atoms with Crippen molar-refractivity contribution in [3.63, 3.8) is 0 Å². The highest BCUT2D eigenvalue weighted by Gasteiger charge is 2.14. The van der Waals surface area contributed by atoms with Crippen molar-refractivity contribution >= 4 is 21.9 Å². The Kier molecular flexibility index (Phi) is 4.18. The smallest absolute Gasteiger partial charge is 0.256 e. The van der Waals surface area contributed by atoms with Crippen LogP contribution in [0.15, 0.2) is 29.7 Å².